The third-order valence-corrected chi connectivity index (χ3v) is 8.26. The van der Waals surface area contributed by atoms with Gasteiger partial charge in [0.1, 0.15) is 35.6 Å². The fourth-order valence-corrected chi connectivity index (χ4v) is 6.16. The van der Waals surface area contributed by atoms with E-state index in [0.717, 1.165) is 10.4 Å². The first kappa shape index (κ1) is 25.8. The van der Waals surface area contributed by atoms with Crippen LogP contribution in [0.25, 0.3) is 0 Å². The molecule has 9 nitrogen and oxygen atoms in total. The number of rotatable bonds is 9. The van der Waals surface area contributed by atoms with Crippen LogP contribution >= 0.6 is 23.1 Å². The lowest BCUT2D eigenvalue weighted by molar-refractivity contribution is -0.159. The molecule has 2 amide bonds. The average molecular weight is 531 g/mol. The van der Waals surface area contributed by atoms with Gasteiger partial charge in [0.2, 0.25) is 5.91 Å². The monoisotopic (exact) mass is 530 g/mol. The Morgan fingerprint density at radius 2 is 1.89 bits per heavy atom. The third-order valence-electron chi connectivity index (χ3n) is 5.87. The van der Waals surface area contributed by atoms with Gasteiger partial charge in [-0.2, -0.15) is 0 Å². The Bertz CT molecular complexity index is 1190. The lowest BCUT2D eigenvalue weighted by Gasteiger charge is -2.56. The maximum atomic E-state index is 13.3. The first-order valence-electron chi connectivity index (χ1n) is 11.2. The number of methoxy groups -OCH3 is 1. The van der Waals surface area contributed by atoms with Gasteiger partial charge in [0.05, 0.1) is 13.5 Å². The number of β-lactam (4-membered cyclic amide) rings is 1. The van der Waals surface area contributed by atoms with Crippen LogP contribution < -0.4 is 10.1 Å². The highest BCUT2D eigenvalue weighted by atomic mass is 32.2. The molecule has 2 aliphatic rings. The Morgan fingerprint density at radius 3 is 2.53 bits per heavy atom. The van der Waals surface area contributed by atoms with Crippen molar-refractivity contribution < 1.29 is 33.4 Å². The number of hydrogen-bond donors (Lipinski definition) is 1. The number of thiophene rings is 1. The molecular formula is C25H26N2O7S2. The van der Waals surface area contributed by atoms with E-state index in [9.17, 15) is 19.2 Å². The van der Waals surface area contributed by atoms with E-state index in [2.05, 4.69) is 5.32 Å². The summed E-state index contributed by atoms with van der Waals surface area (Å²) in [4.78, 5) is 52.8. The molecule has 1 aromatic carbocycles. The minimum Gasteiger partial charge on any atom is -0.497 e. The van der Waals surface area contributed by atoms with E-state index in [4.69, 9.17) is 14.2 Å². The molecule has 2 atom stereocenters. The van der Waals surface area contributed by atoms with Crippen molar-refractivity contribution in [3.05, 3.63) is 63.5 Å². The second-order valence-corrected chi connectivity index (χ2v) is 10.6. The number of nitrogens with zero attached hydrogens (tertiary/aromatic N) is 1. The van der Waals surface area contributed by atoms with Crippen LogP contribution in [-0.4, -0.2) is 59.0 Å². The predicted octanol–water partition coefficient (Wildman–Crippen LogP) is 2.65. The van der Waals surface area contributed by atoms with E-state index < -0.39 is 28.8 Å². The number of amides is 2. The van der Waals surface area contributed by atoms with Gasteiger partial charge in [-0.1, -0.05) is 18.2 Å². The van der Waals surface area contributed by atoms with Crippen LogP contribution in [0.15, 0.2) is 53.0 Å². The lowest BCUT2D eigenvalue weighted by Crippen LogP contribution is -2.78. The molecular weight excluding hydrogens is 504 g/mol. The Kier molecular flexibility index (Phi) is 7.70. The van der Waals surface area contributed by atoms with Crippen LogP contribution in [0.4, 0.5) is 0 Å². The minimum atomic E-state index is -1.17. The number of carbonyl (C=O) groups excluding carboxylic acids is 4. The van der Waals surface area contributed by atoms with Crippen LogP contribution in [0.2, 0.25) is 0 Å². The summed E-state index contributed by atoms with van der Waals surface area (Å²) in [5.74, 6) is -0.872. The highest BCUT2D eigenvalue weighted by molar-refractivity contribution is 8.00. The second-order valence-electron chi connectivity index (χ2n) is 8.50. The fraction of sp³-hybridized carbons (Fsp3) is 0.360. The topological polar surface area (TPSA) is 111 Å². The summed E-state index contributed by atoms with van der Waals surface area (Å²) in [6, 6.07) is 10.8. The first-order valence-corrected chi connectivity index (χ1v) is 13.1. The van der Waals surface area contributed by atoms with Crippen molar-refractivity contribution in [3.63, 3.8) is 0 Å². The van der Waals surface area contributed by atoms with E-state index in [-0.39, 0.29) is 31.2 Å². The van der Waals surface area contributed by atoms with Crippen LogP contribution in [0, 0.1) is 0 Å². The highest BCUT2D eigenvalue weighted by Gasteiger charge is 2.62. The number of ether oxygens (including phenoxy) is 3. The number of esters is 2. The molecule has 0 aliphatic carbocycles. The van der Waals surface area contributed by atoms with Gasteiger partial charge in [0.25, 0.3) is 5.91 Å². The van der Waals surface area contributed by atoms with Gasteiger partial charge in [-0.3, -0.25) is 19.3 Å². The molecule has 1 aromatic heterocycles. The molecule has 3 heterocycles. The molecule has 1 N–H and O–H groups in total. The van der Waals surface area contributed by atoms with Gasteiger partial charge in [0.15, 0.2) is 0 Å². The lowest BCUT2D eigenvalue weighted by atomic mass is 9.88. The molecule has 1 saturated heterocycles. The molecule has 2 aliphatic heterocycles. The van der Waals surface area contributed by atoms with Gasteiger partial charge in [-0.25, -0.2) is 4.79 Å². The number of nitrogens with one attached hydrogen (secondary N) is 1. The summed E-state index contributed by atoms with van der Waals surface area (Å²) < 4.78 is 15.8. The third kappa shape index (κ3) is 5.26. The molecule has 36 heavy (non-hydrogen) atoms. The quantitative estimate of drug-likeness (QED) is 0.389. The Labute approximate surface area is 216 Å². The zero-order valence-corrected chi connectivity index (χ0v) is 21.7. The summed E-state index contributed by atoms with van der Waals surface area (Å²) in [7, 11) is 1.56. The van der Waals surface area contributed by atoms with Gasteiger partial charge in [-0.15, -0.1) is 23.1 Å². The maximum absolute atomic E-state index is 13.3. The Morgan fingerprint density at radius 1 is 1.14 bits per heavy atom. The number of carbonyl (C=O) groups is 4. The molecule has 0 spiro atoms. The smallest absolute Gasteiger partial charge is 0.355 e. The molecule has 0 bridgehead atoms. The molecule has 0 radical (unpaired) electrons. The van der Waals surface area contributed by atoms with E-state index in [1.54, 1.807) is 38.3 Å². The summed E-state index contributed by atoms with van der Waals surface area (Å²) in [6.45, 7) is 2.79. The zero-order chi connectivity index (χ0) is 25.9. The van der Waals surface area contributed by atoms with Gasteiger partial charge in [-0.05, 0) is 36.1 Å². The zero-order valence-electron chi connectivity index (χ0n) is 20.1. The van der Waals surface area contributed by atoms with Crippen molar-refractivity contribution >= 4 is 46.9 Å². The number of thioether (sulfide) groups is 1. The Balaban J connectivity index is 1.51. The summed E-state index contributed by atoms with van der Waals surface area (Å²) >= 11 is 2.86. The van der Waals surface area contributed by atoms with E-state index in [1.807, 2.05) is 17.5 Å². The molecule has 0 saturated carbocycles. The second kappa shape index (κ2) is 10.8. The molecule has 1 fully saturated rings. The van der Waals surface area contributed by atoms with Crippen LogP contribution in [0.5, 0.6) is 5.75 Å². The largest absolute Gasteiger partial charge is 0.497 e. The molecule has 11 heteroatoms. The molecule has 2 aromatic rings. The standard InChI is InChI=1S/C25H26N2O7S2/c1-15(28)33-13-17-14-36-24-25(2,26-20(29)11-19-5-4-10-35-19)23(31)27(24)21(17)22(30)34-12-16-6-8-18(32-3)9-7-16/h4-10,24H,11-14H2,1-3H3,(H,26,29)/t24-,25+/m0/s1. The van der Waals surface area contributed by atoms with Crippen LogP contribution in [0.3, 0.4) is 0 Å². The summed E-state index contributed by atoms with van der Waals surface area (Å²) in [5.41, 5.74) is 0.108. The summed E-state index contributed by atoms with van der Waals surface area (Å²) in [6.07, 6.45) is 0.169. The number of hydrogen-bond acceptors (Lipinski definition) is 9. The van der Waals surface area contributed by atoms with Crippen LogP contribution in [-0.2, 0) is 41.7 Å². The average Bonchev–Trinajstić information content (AvgIpc) is 3.38. The molecule has 4 rings (SSSR count). The predicted molar refractivity (Wildman–Crippen MR) is 134 cm³/mol. The van der Waals surface area contributed by atoms with Gasteiger partial charge >= 0.3 is 11.9 Å². The van der Waals surface area contributed by atoms with Crippen LogP contribution in [0.1, 0.15) is 24.3 Å². The van der Waals surface area contributed by atoms with Crippen molar-refractivity contribution in [1.29, 1.82) is 0 Å². The fourth-order valence-electron chi connectivity index (χ4n) is 4.03. The van der Waals surface area contributed by atoms with E-state index >= 15 is 0 Å². The van der Waals surface area contributed by atoms with Crippen molar-refractivity contribution in [2.45, 2.75) is 37.8 Å². The van der Waals surface area contributed by atoms with Gasteiger partial charge in [0, 0.05) is 23.1 Å². The molecule has 0 unspecified atom stereocenters. The maximum Gasteiger partial charge on any atom is 0.355 e. The normalized spacial score (nSPS) is 20.8. The van der Waals surface area contributed by atoms with Crippen molar-refractivity contribution in [1.82, 2.24) is 10.2 Å². The van der Waals surface area contributed by atoms with Crippen molar-refractivity contribution in [2.24, 2.45) is 0 Å². The first-order chi connectivity index (χ1) is 17.2. The summed E-state index contributed by atoms with van der Waals surface area (Å²) in [5, 5.41) is 4.24. The number of benzene rings is 1. The van der Waals surface area contributed by atoms with Crippen molar-refractivity contribution in [3.8, 4) is 5.75 Å². The SMILES string of the molecule is COc1ccc(COC(=O)C2=C(COC(C)=O)CS[C@@H]3N2C(=O)[C@@]3(C)NC(=O)Cc2cccs2)cc1. The van der Waals surface area contributed by atoms with E-state index in [1.165, 1.54) is 34.9 Å². The van der Waals surface area contributed by atoms with Gasteiger partial charge < -0.3 is 19.5 Å². The van der Waals surface area contributed by atoms with E-state index in [0.29, 0.717) is 17.1 Å². The molecule has 190 valence electrons. The minimum absolute atomic E-state index is 0.0121. The number of fused-ring (bicyclic) bond motifs is 1. The van der Waals surface area contributed by atoms with Crippen molar-refractivity contribution in [2.75, 3.05) is 19.5 Å². The Hall–Kier alpha value is -3.31. The highest BCUT2D eigenvalue weighted by Crippen LogP contribution is 2.46.